The van der Waals surface area contributed by atoms with E-state index in [2.05, 4.69) is 52.6 Å². The zero-order valence-electron chi connectivity index (χ0n) is 15.4. The maximum atomic E-state index is 5.26. The SMILES string of the molecule is C=C.C=C.C=C.C=C.COCCOCCOCCOCCOC. The second kappa shape index (κ2) is 58.6. The van der Waals surface area contributed by atoms with Crippen LogP contribution in [0, 0.1) is 0 Å². The summed E-state index contributed by atoms with van der Waals surface area (Å²) < 4.78 is 25.3. The van der Waals surface area contributed by atoms with E-state index in [0.717, 1.165) is 0 Å². The summed E-state index contributed by atoms with van der Waals surface area (Å²) in [5.74, 6) is 0. The van der Waals surface area contributed by atoms with Gasteiger partial charge in [0.2, 0.25) is 0 Å². The molecule has 0 aromatic rings. The summed E-state index contributed by atoms with van der Waals surface area (Å²) >= 11 is 0. The minimum absolute atomic E-state index is 0.595. The van der Waals surface area contributed by atoms with Crippen LogP contribution in [0.3, 0.4) is 0 Å². The zero-order valence-corrected chi connectivity index (χ0v) is 15.4. The van der Waals surface area contributed by atoms with Crippen molar-refractivity contribution in [3.05, 3.63) is 52.6 Å². The summed E-state index contributed by atoms with van der Waals surface area (Å²) in [5, 5.41) is 0. The first-order valence-electron chi connectivity index (χ1n) is 7.13. The molecule has 0 aromatic carbocycles. The second-order valence-electron chi connectivity index (χ2n) is 2.82. The van der Waals surface area contributed by atoms with E-state index in [-0.39, 0.29) is 0 Å². The van der Waals surface area contributed by atoms with E-state index in [1.54, 1.807) is 14.2 Å². The topological polar surface area (TPSA) is 46.2 Å². The van der Waals surface area contributed by atoms with Crippen molar-refractivity contribution in [3.63, 3.8) is 0 Å². The van der Waals surface area contributed by atoms with Gasteiger partial charge in [0.1, 0.15) is 0 Å². The maximum Gasteiger partial charge on any atom is 0.0701 e. The highest BCUT2D eigenvalue weighted by molar-refractivity contribution is 4.34. The first kappa shape index (κ1) is 33.4. The Morgan fingerprint density at radius 1 is 0.391 bits per heavy atom. The van der Waals surface area contributed by atoms with Crippen LogP contribution in [-0.2, 0) is 23.7 Å². The van der Waals surface area contributed by atoms with Crippen LogP contribution in [0.1, 0.15) is 0 Å². The van der Waals surface area contributed by atoms with Crippen molar-refractivity contribution in [1.29, 1.82) is 0 Å². The van der Waals surface area contributed by atoms with E-state index < -0.39 is 0 Å². The van der Waals surface area contributed by atoms with E-state index in [0.29, 0.717) is 52.9 Å². The highest BCUT2D eigenvalue weighted by atomic mass is 16.6. The number of hydrogen-bond donors (Lipinski definition) is 0. The van der Waals surface area contributed by atoms with Gasteiger partial charge in [0.15, 0.2) is 0 Å². The fourth-order valence-corrected chi connectivity index (χ4v) is 0.826. The minimum atomic E-state index is 0.595. The molecule has 140 valence electrons. The Labute approximate surface area is 144 Å². The van der Waals surface area contributed by atoms with Crippen LogP contribution in [0.5, 0.6) is 0 Å². The van der Waals surface area contributed by atoms with Crippen LogP contribution < -0.4 is 0 Å². The highest BCUT2D eigenvalue weighted by Crippen LogP contribution is 1.81. The molecular weight excluding hydrogens is 296 g/mol. The Bertz CT molecular complexity index is 136. The van der Waals surface area contributed by atoms with Crippen molar-refractivity contribution in [2.45, 2.75) is 0 Å². The molecule has 0 aromatic heterocycles. The maximum absolute atomic E-state index is 5.26. The Kier molecular flexibility index (Phi) is 85.1. The van der Waals surface area contributed by atoms with Crippen molar-refractivity contribution in [2.24, 2.45) is 0 Å². The summed E-state index contributed by atoms with van der Waals surface area (Å²) in [6.45, 7) is 28.9. The number of hydrogen-bond acceptors (Lipinski definition) is 5. The van der Waals surface area contributed by atoms with Gasteiger partial charge in [-0.25, -0.2) is 0 Å². The molecule has 5 nitrogen and oxygen atoms in total. The van der Waals surface area contributed by atoms with Gasteiger partial charge in [0.25, 0.3) is 0 Å². The number of methoxy groups -OCH3 is 2. The van der Waals surface area contributed by atoms with Crippen LogP contribution in [0.2, 0.25) is 0 Å². The van der Waals surface area contributed by atoms with E-state index in [4.69, 9.17) is 23.7 Å². The van der Waals surface area contributed by atoms with Gasteiger partial charge in [-0.2, -0.15) is 0 Å². The van der Waals surface area contributed by atoms with Gasteiger partial charge >= 0.3 is 0 Å². The average molecular weight is 334 g/mol. The first-order valence-corrected chi connectivity index (χ1v) is 7.13. The Morgan fingerprint density at radius 3 is 0.739 bits per heavy atom. The fraction of sp³-hybridized carbons (Fsp3) is 0.556. The lowest BCUT2D eigenvalue weighted by molar-refractivity contribution is -0.00380. The summed E-state index contributed by atoms with van der Waals surface area (Å²) in [6.07, 6.45) is 0. The van der Waals surface area contributed by atoms with Crippen LogP contribution in [0.15, 0.2) is 52.6 Å². The van der Waals surface area contributed by atoms with Gasteiger partial charge < -0.3 is 23.7 Å². The smallest absolute Gasteiger partial charge is 0.0701 e. The quantitative estimate of drug-likeness (QED) is 0.403. The molecule has 0 aliphatic heterocycles. The molecule has 0 heterocycles. The monoisotopic (exact) mass is 334 g/mol. The van der Waals surface area contributed by atoms with Crippen LogP contribution in [0.25, 0.3) is 0 Å². The van der Waals surface area contributed by atoms with Crippen LogP contribution in [-0.4, -0.2) is 67.1 Å². The predicted octanol–water partition coefficient (Wildman–Crippen LogP) is 3.54. The Hall–Kier alpha value is -1.24. The molecular formula is C18H38O5. The zero-order chi connectivity index (χ0) is 19.2. The molecule has 0 spiro atoms. The van der Waals surface area contributed by atoms with Crippen molar-refractivity contribution in [2.75, 3.05) is 67.1 Å². The normalized spacial score (nSPS) is 7.74. The Morgan fingerprint density at radius 2 is 0.565 bits per heavy atom. The van der Waals surface area contributed by atoms with Gasteiger partial charge in [-0.1, -0.05) is 0 Å². The summed E-state index contributed by atoms with van der Waals surface area (Å²) in [5.41, 5.74) is 0. The van der Waals surface area contributed by atoms with Crippen LogP contribution in [0.4, 0.5) is 0 Å². The van der Waals surface area contributed by atoms with Gasteiger partial charge in [0, 0.05) is 14.2 Å². The molecule has 0 aliphatic carbocycles. The van der Waals surface area contributed by atoms with Gasteiger partial charge in [-0.15, -0.1) is 52.6 Å². The molecule has 0 bridgehead atoms. The van der Waals surface area contributed by atoms with Crippen molar-refractivity contribution in [3.8, 4) is 0 Å². The number of rotatable bonds is 12. The van der Waals surface area contributed by atoms with Gasteiger partial charge in [-0.3, -0.25) is 0 Å². The lowest BCUT2D eigenvalue weighted by Crippen LogP contribution is -2.12. The van der Waals surface area contributed by atoms with Crippen molar-refractivity contribution >= 4 is 0 Å². The van der Waals surface area contributed by atoms with E-state index >= 15 is 0 Å². The van der Waals surface area contributed by atoms with E-state index in [1.807, 2.05) is 0 Å². The third-order valence-corrected chi connectivity index (χ3v) is 1.61. The molecule has 0 aliphatic rings. The first-order chi connectivity index (χ1) is 11.4. The molecule has 0 atom stereocenters. The highest BCUT2D eigenvalue weighted by Gasteiger charge is 1.91. The molecule has 0 rings (SSSR count). The summed E-state index contributed by atoms with van der Waals surface area (Å²) in [6, 6.07) is 0. The van der Waals surface area contributed by atoms with Gasteiger partial charge in [0.05, 0.1) is 52.9 Å². The molecule has 0 N–H and O–H groups in total. The molecule has 23 heavy (non-hydrogen) atoms. The third-order valence-electron chi connectivity index (χ3n) is 1.61. The molecule has 5 heteroatoms. The summed E-state index contributed by atoms with van der Waals surface area (Å²) in [7, 11) is 3.30. The molecule has 0 saturated carbocycles. The Balaban J connectivity index is -0.000000116. The van der Waals surface area contributed by atoms with E-state index in [9.17, 15) is 0 Å². The van der Waals surface area contributed by atoms with Crippen molar-refractivity contribution in [1.82, 2.24) is 0 Å². The fourth-order valence-electron chi connectivity index (χ4n) is 0.826. The molecule has 0 amide bonds. The number of ether oxygens (including phenoxy) is 5. The minimum Gasteiger partial charge on any atom is -0.382 e. The van der Waals surface area contributed by atoms with E-state index in [1.165, 1.54) is 0 Å². The molecule has 0 unspecified atom stereocenters. The largest absolute Gasteiger partial charge is 0.382 e. The van der Waals surface area contributed by atoms with Gasteiger partial charge in [-0.05, 0) is 0 Å². The lowest BCUT2D eigenvalue weighted by Gasteiger charge is -2.06. The third kappa shape index (κ3) is 63.1. The molecule has 0 saturated heterocycles. The van der Waals surface area contributed by atoms with Crippen LogP contribution >= 0.6 is 0 Å². The summed E-state index contributed by atoms with van der Waals surface area (Å²) in [4.78, 5) is 0. The molecule has 0 radical (unpaired) electrons. The second-order valence-corrected chi connectivity index (χ2v) is 2.82. The predicted molar refractivity (Wildman–Crippen MR) is 101 cm³/mol. The molecule has 0 fully saturated rings. The average Bonchev–Trinajstić information content (AvgIpc) is 2.66. The lowest BCUT2D eigenvalue weighted by atomic mass is 10.7. The standard InChI is InChI=1S/C10H22O5.4C2H4/c1-11-3-5-13-7-9-15-10-8-14-6-4-12-2;4*1-2/h3-10H2,1-2H3;4*1-2H2. The van der Waals surface area contributed by atoms with Crippen molar-refractivity contribution < 1.29 is 23.7 Å².